The van der Waals surface area contributed by atoms with Crippen LogP contribution in [0.4, 0.5) is 5.69 Å². The molecule has 0 fully saturated rings. The number of hydrogen-bond donors (Lipinski definition) is 3. The van der Waals surface area contributed by atoms with Gasteiger partial charge in [0.05, 0.1) is 11.4 Å². The molecule has 8 heteroatoms. The van der Waals surface area contributed by atoms with Gasteiger partial charge < -0.3 is 16.2 Å². The van der Waals surface area contributed by atoms with Crippen molar-refractivity contribution < 1.29 is 19.5 Å². The predicted octanol–water partition coefficient (Wildman–Crippen LogP) is 0.993. The first kappa shape index (κ1) is 14.5. The summed E-state index contributed by atoms with van der Waals surface area (Å²) in [7, 11) is 0. The molecular formula is C10H12N2O4S2. The van der Waals surface area contributed by atoms with Crippen LogP contribution in [0.5, 0.6) is 0 Å². The maximum atomic E-state index is 11.5. The van der Waals surface area contributed by atoms with E-state index in [4.69, 9.17) is 10.8 Å². The Hall–Kier alpha value is -1.54. The van der Waals surface area contributed by atoms with Gasteiger partial charge in [-0.25, -0.2) is 4.79 Å². The third-order valence-corrected chi connectivity index (χ3v) is 3.74. The van der Waals surface area contributed by atoms with E-state index in [9.17, 15) is 14.4 Å². The van der Waals surface area contributed by atoms with E-state index in [1.807, 2.05) is 0 Å². The molecular weight excluding hydrogens is 276 g/mol. The summed E-state index contributed by atoms with van der Waals surface area (Å²) < 4.78 is 0. The van der Waals surface area contributed by atoms with Gasteiger partial charge in [-0.3, -0.25) is 9.59 Å². The Labute approximate surface area is 112 Å². The summed E-state index contributed by atoms with van der Waals surface area (Å²) in [6.45, 7) is 0. The average molecular weight is 288 g/mol. The number of thioether (sulfide) groups is 1. The van der Waals surface area contributed by atoms with Gasteiger partial charge in [-0.2, -0.15) is 11.8 Å². The number of amides is 2. The molecule has 18 heavy (non-hydrogen) atoms. The number of nitrogens with two attached hydrogens (primary N) is 1. The highest BCUT2D eigenvalue weighted by atomic mass is 32.2. The molecule has 98 valence electrons. The van der Waals surface area contributed by atoms with Gasteiger partial charge in [0.15, 0.2) is 0 Å². The van der Waals surface area contributed by atoms with E-state index in [-0.39, 0.29) is 23.0 Å². The molecule has 6 nitrogen and oxygen atoms in total. The molecule has 1 heterocycles. The molecule has 0 aliphatic carbocycles. The zero-order chi connectivity index (χ0) is 13.5. The topological polar surface area (TPSA) is 109 Å². The Kier molecular flexibility index (Phi) is 5.66. The van der Waals surface area contributed by atoms with Crippen molar-refractivity contribution in [2.45, 2.75) is 6.42 Å². The van der Waals surface area contributed by atoms with Crippen molar-refractivity contribution in [1.29, 1.82) is 0 Å². The molecule has 1 rings (SSSR count). The van der Waals surface area contributed by atoms with Crippen molar-refractivity contribution in [1.82, 2.24) is 0 Å². The summed E-state index contributed by atoms with van der Waals surface area (Å²) in [5.41, 5.74) is 5.25. The lowest BCUT2D eigenvalue weighted by molar-refractivity contribution is -0.116. The quantitative estimate of drug-likeness (QED) is 0.648. The monoisotopic (exact) mass is 288 g/mol. The van der Waals surface area contributed by atoms with Crippen LogP contribution in [0.1, 0.15) is 16.1 Å². The van der Waals surface area contributed by atoms with Crippen LogP contribution < -0.4 is 11.1 Å². The number of nitrogens with one attached hydrogen (secondary N) is 1. The number of rotatable bonds is 7. The molecule has 0 unspecified atom stereocenters. The highest BCUT2D eigenvalue weighted by molar-refractivity contribution is 7.99. The SMILES string of the molecule is NC(=O)CSCCC(=O)Nc1ccsc1C(=O)O. The van der Waals surface area contributed by atoms with Crippen LogP contribution in [0.25, 0.3) is 0 Å². The van der Waals surface area contributed by atoms with Gasteiger partial charge >= 0.3 is 5.97 Å². The van der Waals surface area contributed by atoms with E-state index in [0.717, 1.165) is 11.3 Å². The number of aromatic carboxylic acids is 1. The summed E-state index contributed by atoms with van der Waals surface area (Å²) in [4.78, 5) is 32.9. The number of carbonyl (C=O) groups excluding carboxylic acids is 2. The fourth-order valence-corrected chi connectivity index (χ4v) is 2.49. The molecule has 0 saturated carbocycles. The number of carbonyl (C=O) groups is 3. The van der Waals surface area contributed by atoms with Crippen molar-refractivity contribution in [3.05, 3.63) is 16.3 Å². The van der Waals surface area contributed by atoms with Crippen molar-refractivity contribution in [3.8, 4) is 0 Å². The standard InChI is InChI=1S/C10H12N2O4S2/c11-7(13)5-17-3-2-8(14)12-6-1-4-18-9(6)10(15)16/h1,4H,2-3,5H2,(H2,11,13)(H,12,14)(H,15,16). The molecule has 0 bridgehead atoms. The fourth-order valence-electron chi connectivity index (χ4n) is 1.12. The van der Waals surface area contributed by atoms with Gasteiger partial charge in [-0.15, -0.1) is 11.3 Å². The molecule has 4 N–H and O–H groups in total. The summed E-state index contributed by atoms with van der Waals surface area (Å²) in [5, 5.41) is 13.0. The van der Waals surface area contributed by atoms with Crippen LogP contribution >= 0.6 is 23.1 Å². The normalized spacial score (nSPS) is 10.0. The minimum absolute atomic E-state index is 0.105. The van der Waals surface area contributed by atoms with Crippen molar-refractivity contribution >= 4 is 46.6 Å². The highest BCUT2D eigenvalue weighted by Crippen LogP contribution is 2.22. The van der Waals surface area contributed by atoms with E-state index in [2.05, 4.69) is 5.32 Å². The Bertz CT molecular complexity index is 458. The lowest BCUT2D eigenvalue weighted by atomic mass is 10.3. The van der Waals surface area contributed by atoms with Gasteiger partial charge in [0.2, 0.25) is 11.8 Å². The smallest absolute Gasteiger partial charge is 0.348 e. The van der Waals surface area contributed by atoms with Crippen molar-refractivity contribution in [2.24, 2.45) is 5.73 Å². The first-order valence-corrected chi connectivity index (χ1v) is 7.01. The molecule has 0 aliphatic heterocycles. The molecule has 2 amide bonds. The second-order valence-electron chi connectivity index (χ2n) is 3.29. The number of anilines is 1. The molecule has 0 atom stereocenters. The van der Waals surface area contributed by atoms with Gasteiger partial charge in [0, 0.05) is 12.2 Å². The summed E-state index contributed by atoms with van der Waals surface area (Å²) in [6.07, 6.45) is 0.201. The highest BCUT2D eigenvalue weighted by Gasteiger charge is 2.13. The van der Waals surface area contributed by atoms with Crippen LogP contribution in [0.3, 0.4) is 0 Å². The van der Waals surface area contributed by atoms with Gasteiger partial charge in [0.25, 0.3) is 0 Å². The van der Waals surface area contributed by atoms with Crippen molar-refractivity contribution in [3.63, 3.8) is 0 Å². The summed E-state index contributed by atoms with van der Waals surface area (Å²) in [6, 6.07) is 1.54. The van der Waals surface area contributed by atoms with E-state index in [1.54, 1.807) is 11.4 Å². The van der Waals surface area contributed by atoms with E-state index in [0.29, 0.717) is 11.4 Å². The maximum Gasteiger partial charge on any atom is 0.348 e. The predicted molar refractivity (Wildman–Crippen MR) is 71.0 cm³/mol. The number of hydrogen-bond acceptors (Lipinski definition) is 5. The van der Waals surface area contributed by atoms with Gasteiger partial charge in [-0.1, -0.05) is 0 Å². The minimum Gasteiger partial charge on any atom is -0.477 e. The average Bonchev–Trinajstić information content (AvgIpc) is 2.72. The third-order valence-electron chi connectivity index (χ3n) is 1.85. The van der Waals surface area contributed by atoms with Gasteiger partial charge in [0.1, 0.15) is 4.88 Å². The number of carboxylic acid groups (broad SMARTS) is 1. The summed E-state index contributed by atoms with van der Waals surface area (Å²) in [5.74, 6) is -1.14. The first-order valence-electron chi connectivity index (χ1n) is 4.97. The summed E-state index contributed by atoms with van der Waals surface area (Å²) >= 11 is 2.31. The van der Waals surface area contributed by atoms with Crippen LogP contribution in [0.15, 0.2) is 11.4 Å². The Balaban J connectivity index is 2.38. The second-order valence-corrected chi connectivity index (χ2v) is 5.31. The Morgan fingerprint density at radius 2 is 2.17 bits per heavy atom. The zero-order valence-corrected chi connectivity index (χ0v) is 11.0. The van der Waals surface area contributed by atoms with Crippen molar-refractivity contribution in [2.75, 3.05) is 16.8 Å². The lowest BCUT2D eigenvalue weighted by Gasteiger charge is -2.03. The molecule has 0 saturated heterocycles. The molecule has 1 aromatic rings. The molecule has 0 spiro atoms. The largest absolute Gasteiger partial charge is 0.477 e. The van der Waals surface area contributed by atoms with E-state index < -0.39 is 11.9 Å². The van der Waals surface area contributed by atoms with Crippen LogP contribution in [0.2, 0.25) is 0 Å². The Morgan fingerprint density at radius 3 is 2.78 bits per heavy atom. The molecule has 0 aliphatic rings. The Morgan fingerprint density at radius 1 is 1.44 bits per heavy atom. The molecule has 0 radical (unpaired) electrons. The fraction of sp³-hybridized carbons (Fsp3) is 0.300. The van der Waals surface area contributed by atoms with E-state index >= 15 is 0 Å². The van der Waals surface area contributed by atoms with Crippen LogP contribution in [-0.2, 0) is 9.59 Å². The molecule has 1 aromatic heterocycles. The number of primary amides is 1. The van der Waals surface area contributed by atoms with E-state index in [1.165, 1.54) is 11.8 Å². The number of carboxylic acids is 1. The minimum atomic E-state index is -1.07. The first-order chi connectivity index (χ1) is 8.50. The third kappa shape index (κ3) is 4.76. The van der Waals surface area contributed by atoms with Gasteiger partial charge in [-0.05, 0) is 11.4 Å². The number of thiophene rings is 1. The second kappa shape index (κ2) is 7.02. The zero-order valence-electron chi connectivity index (χ0n) is 9.34. The van der Waals surface area contributed by atoms with Crippen LogP contribution in [0, 0.1) is 0 Å². The molecule has 0 aromatic carbocycles. The maximum absolute atomic E-state index is 11.5. The van der Waals surface area contributed by atoms with Crippen LogP contribution in [-0.4, -0.2) is 34.4 Å². The lowest BCUT2D eigenvalue weighted by Crippen LogP contribution is -2.16.